The fourth-order valence-electron chi connectivity index (χ4n) is 3.71. The van der Waals surface area contributed by atoms with Gasteiger partial charge in [-0.05, 0) is 58.4 Å². The average Bonchev–Trinajstić information content (AvgIpc) is 3.15. The largest absolute Gasteiger partial charge is 0.497 e. The molecule has 1 N–H and O–H groups in total. The Morgan fingerprint density at radius 1 is 1.21 bits per heavy atom. The standard InChI is InChI=1S/C22H35N3O4/c1-7-24(14-20(26)23-22(2,3)4)15-21(27)25-12-8-9-18(25)17-13-16(28-5)10-11-19(17)29-6/h10-11,13,18H,7-9,12,14-15H2,1-6H3,(H,23,26)/t18-/m0/s1. The monoisotopic (exact) mass is 405 g/mol. The van der Waals surface area contributed by atoms with Gasteiger partial charge in [0.15, 0.2) is 0 Å². The van der Waals surface area contributed by atoms with E-state index in [9.17, 15) is 9.59 Å². The number of benzene rings is 1. The van der Waals surface area contributed by atoms with E-state index in [1.807, 2.05) is 55.7 Å². The summed E-state index contributed by atoms with van der Waals surface area (Å²) in [4.78, 5) is 29.1. The van der Waals surface area contributed by atoms with Crippen LogP contribution in [0.2, 0.25) is 0 Å². The third-order valence-electron chi connectivity index (χ3n) is 5.06. The Morgan fingerprint density at radius 2 is 1.93 bits per heavy atom. The predicted octanol–water partition coefficient (Wildman–Crippen LogP) is 2.60. The fourth-order valence-corrected chi connectivity index (χ4v) is 3.71. The van der Waals surface area contributed by atoms with E-state index in [1.54, 1.807) is 14.2 Å². The first-order valence-corrected chi connectivity index (χ1v) is 10.2. The van der Waals surface area contributed by atoms with Gasteiger partial charge < -0.3 is 19.7 Å². The van der Waals surface area contributed by atoms with Crippen molar-refractivity contribution in [1.29, 1.82) is 0 Å². The molecule has 0 saturated carbocycles. The molecule has 0 radical (unpaired) electrons. The first kappa shape index (κ1) is 23.0. The molecule has 1 aliphatic heterocycles. The van der Waals surface area contributed by atoms with E-state index in [1.165, 1.54) is 0 Å². The van der Waals surface area contributed by atoms with Crippen molar-refractivity contribution in [1.82, 2.24) is 15.1 Å². The van der Waals surface area contributed by atoms with Crippen molar-refractivity contribution in [2.75, 3.05) is 40.4 Å². The first-order chi connectivity index (χ1) is 13.7. The summed E-state index contributed by atoms with van der Waals surface area (Å²) in [5.74, 6) is 1.46. The van der Waals surface area contributed by atoms with E-state index in [4.69, 9.17) is 9.47 Å². The first-order valence-electron chi connectivity index (χ1n) is 10.2. The van der Waals surface area contributed by atoms with Gasteiger partial charge in [-0.3, -0.25) is 14.5 Å². The molecule has 2 amide bonds. The number of rotatable bonds is 8. The lowest BCUT2D eigenvalue weighted by molar-refractivity contribution is -0.134. The van der Waals surface area contributed by atoms with Gasteiger partial charge in [0, 0.05) is 17.6 Å². The Balaban J connectivity index is 2.10. The van der Waals surface area contributed by atoms with Crippen molar-refractivity contribution >= 4 is 11.8 Å². The second-order valence-electron chi connectivity index (χ2n) is 8.45. The Labute approximate surface area is 174 Å². The maximum atomic E-state index is 13.1. The molecule has 0 aromatic heterocycles. The molecule has 0 bridgehead atoms. The van der Waals surface area contributed by atoms with Crippen molar-refractivity contribution in [2.24, 2.45) is 0 Å². The minimum atomic E-state index is -0.288. The summed E-state index contributed by atoms with van der Waals surface area (Å²) >= 11 is 0. The highest BCUT2D eigenvalue weighted by Crippen LogP contribution is 2.38. The van der Waals surface area contributed by atoms with Crippen molar-refractivity contribution in [3.63, 3.8) is 0 Å². The van der Waals surface area contributed by atoms with Crippen LogP contribution in [-0.4, -0.2) is 67.6 Å². The maximum Gasteiger partial charge on any atom is 0.237 e. The molecule has 1 aromatic rings. The number of hydrogen-bond acceptors (Lipinski definition) is 5. The third-order valence-corrected chi connectivity index (χ3v) is 5.06. The van der Waals surface area contributed by atoms with Crippen LogP contribution in [0.25, 0.3) is 0 Å². The van der Waals surface area contributed by atoms with E-state index >= 15 is 0 Å². The Bertz CT molecular complexity index is 714. The van der Waals surface area contributed by atoms with Gasteiger partial charge in [-0.25, -0.2) is 0 Å². The van der Waals surface area contributed by atoms with E-state index in [2.05, 4.69) is 5.32 Å². The summed E-state index contributed by atoms with van der Waals surface area (Å²) in [6, 6.07) is 5.64. The number of carbonyl (C=O) groups excluding carboxylic acids is 2. The molecule has 0 unspecified atom stereocenters. The van der Waals surface area contributed by atoms with E-state index in [-0.39, 0.29) is 36.5 Å². The second kappa shape index (κ2) is 9.96. The van der Waals surface area contributed by atoms with Crippen LogP contribution >= 0.6 is 0 Å². The molecule has 0 aliphatic carbocycles. The molecule has 1 saturated heterocycles. The number of ether oxygens (including phenoxy) is 2. The lowest BCUT2D eigenvalue weighted by Crippen LogP contribution is -2.48. The van der Waals surface area contributed by atoms with Crippen LogP contribution in [0.3, 0.4) is 0 Å². The van der Waals surface area contributed by atoms with Gasteiger partial charge in [-0.15, -0.1) is 0 Å². The Hall–Kier alpha value is -2.28. The summed E-state index contributed by atoms with van der Waals surface area (Å²) in [7, 11) is 3.27. The number of likely N-dealkylation sites (tertiary alicyclic amines) is 1. The molecule has 2 rings (SSSR count). The number of amides is 2. The van der Waals surface area contributed by atoms with Gasteiger partial charge in [-0.1, -0.05) is 6.92 Å². The molecule has 1 aromatic carbocycles. The average molecular weight is 406 g/mol. The molecule has 7 nitrogen and oxygen atoms in total. The summed E-state index contributed by atoms with van der Waals surface area (Å²) in [5.41, 5.74) is 0.676. The zero-order chi connectivity index (χ0) is 21.6. The quantitative estimate of drug-likeness (QED) is 0.720. The zero-order valence-corrected chi connectivity index (χ0v) is 18.6. The third kappa shape index (κ3) is 6.35. The van der Waals surface area contributed by atoms with Crippen LogP contribution in [0.15, 0.2) is 18.2 Å². The highest BCUT2D eigenvalue weighted by atomic mass is 16.5. The molecule has 162 valence electrons. The second-order valence-corrected chi connectivity index (χ2v) is 8.45. The minimum absolute atomic E-state index is 0.0304. The maximum absolute atomic E-state index is 13.1. The van der Waals surface area contributed by atoms with Crippen molar-refractivity contribution in [3.8, 4) is 11.5 Å². The van der Waals surface area contributed by atoms with Crippen LogP contribution in [0.1, 0.15) is 52.1 Å². The highest BCUT2D eigenvalue weighted by molar-refractivity contribution is 5.82. The SMILES string of the molecule is CCN(CC(=O)NC(C)(C)C)CC(=O)N1CCC[C@H]1c1cc(OC)ccc1OC. The highest BCUT2D eigenvalue weighted by Gasteiger charge is 2.33. The van der Waals surface area contributed by atoms with Crippen LogP contribution in [-0.2, 0) is 9.59 Å². The van der Waals surface area contributed by atoms with Crippen molar-refractivity contribution < 1.29 is 19.1 Å². The Kier molecular flexibility index (Phi) is 7.90. The Morgan fingerprint density at radius 3 is 2.52 bits per heavy atom. The van der Waals surface area contributed by atoms with Gasteiger partial charge in [0.05, 0.1) is 33.4 Å². The van der Waals surface area contributed by atoms with Crippen molar-refractivity contribution in [3.05, 3.63) is 23.8 Å². The van der Waals surface area contributed by atoms with Gasteiger partial charge in [0.2, 0.25) is 11.8 Å². The lowest BCUT2D eigenvalue weighted by Gasteiger charge is -2.30. The molecular weight excluding hydrogens is 370 g/mol. The van der Waals surface area contributed by atoms with E-state index in [0.29, 0.717) is 13.1 Å². The molecule has 1 aliphatic rings. The summed E-state index contributed by atoms with van der Waals surface area (Å²) in [6.45, 7) is 9.56. The number of methoxy groups -OCH3 is 2. The number of hydrogen-bond donors (Lipinski definition) is 1. The molecule has 29 heavy (non-hydrogen) atoms. The minimum Gasteiger partial charge on any atom is -0.497 e. The normalized spacial score (nSPS) is 16.8. The summed E-state index contributed by atoms with van der Waals surface area (Å²) < 4.78 is 10.9. The molecule has 1 atom stereocenters. The van der Waals surface area contributed by atoms with Crippen LogP contribution in [0.4, 0.5) is 0 Å². The summed E-state index contributed by atoms with van der Waals surface area (Å²) in [5, 5.41) is 2.95. The van der Waals surface area contributed by atoms with Crippen molar-refractivity contribution in [2.45, 2.75) is 52.1 Å². The van der Waals surface area contributed by atoms with Crippen LogP contribution in [0, 0.1) is 0 Å². The van der Waals surface area contributed by atoms with Crippen LogP contribution in [0.5, 0.6) is 11.5 Å². The van der Waals surface area contributed by atoms with Gasteiger partial charge in [-0.2, -0.15) is 0 Å². The smallest absolute Gasteiger partial charge is 0.237 e. The van der Waals surface area contributed by atoms with E-state index in [0.717, 1.165) is 29.9 Å². The fraction of sp³-hybridized carbons (Fsp3) is 0.636. The summed E-state index contributed by atoms with van der Waals surface area (Å²) in [6.07, 6.45) is 1.82. The molecule has 1 fully saturated rings. The van der Waals surface area contributed by atoms with Gasteiger partial charge in [0.25, 0.3) is 0 Å². The number of carbonyl (C=O) groups is 2. The molecule has 7 heteroatoms. The topological polar surface area (TPSA) is 71.1 Å². The number of likely N-dealkylation sites (N-methyl/N-ethyl adjacent to an activating group) is 1. The lowest BCUT2D eigenvalue weighted by atomic mass is 10.0. The van der Waals surface area contributed by atoms with Gasteiger partial charge >= 0.3 is 0 Å². The van der Waals surface area contributed by atoms with E-state index < -0.39 is 0 Å². The molecular formula is C22H35N3O4. The van der Waals surface area contributed by atoms with Crippen LogP contribution < -0.4 is 14.8 Å². The molecule has 1 heterocycles. The number of nitrogens with zero attached hydrogens (tertiary/aromatic N) is 2. The molecule has 0 spiro atoms. The predicted molar refractivity (Wildman–Crippen MR) is 113 cm³/mol. The zero-order valence-electron chi connectivity index (χ0n) is 18.6. The number of nitrogens with one attached hydrogen (secondary N) is 1. The van der Waals surface area contributed by atoms with Gasteiger partial charge in [0.1, 0.15) is 11.5 Å².